The van der Waals surface area contributed by atoms with Crippen LogP contribution in [0.25, 0.3) is 5.65 Å². The minimum Gasteiger partial charge on any atom is -0.476 e. The zero-order valence-corrected chi connectivity index (χ0v) is 12.0. The number of aromatic carboxylic acids is 1. The summed E-state index contributed by atoms with van der Waals surface area (Å²) in [7, 11) is 0. The van der Waals surface area contributed by atoms with Gasteiger partial charge in [0.1, 0.15) is 5.65 Å². The van der Waals surface area contributed by atoms with Gasteiger partial charge >= 0.3 is 5.97 Å². The summed E-state index contributed by atoms with van der Waals surface area (Å²) in [6, 6.07) is 5.44. The molecule has 2 aromatic heterocycles. The molecule has 0 atom stereocenters. The summed E-state index contributed by atoms with van der Waals surface area (Å²) in [5.74, 6) is -0.547. The molecular formula is C15H19N3O3. The zero-order chi connectivity index (χ0) is 14.9. The van der Waals surface area contributed by atoms with E-state index >= 15 is 0 Å². The van der Waals surface area contributed by atoms with Crippen LogP contribution in [0, 0.1) is 5.41 Å². The highest BCUT2D eigenvalue weighted by atomic mass is 16.5. The van der Waals surface area contributed by atoms with E-state index < -0.39 is 5.97 Å². The van der Waals surface area contributed by atoms with Crippen LogP contribution in [-0.2, 0) is 4.74 Å². The van der Waals surface area contributed by atoms with Crippen molar-refractivity contribution in [2.24, 2.45) is 5.41 Å². The summed E-state index contributed by atoms with van der Waals surface area (Å²) in [6.45, 7) is 4.41. The van der Waals surface area contributed by atoms with Gasteiger partial charge in [-0.05, 0) is 30.4 Å². The van der Waals surface area contributed by atoms with Crippen LogP contribution in [0.5, 0.6) is 0 Å². The Labute approximate surface area is 122 Å². The predicted molar refractivity (Wildman–Crippen MR) is 78.8 cm³/mol. The first-order chi connectivity index (χ1) is 10.1. The molecule has 3 rings (SSSR count). The molecular weight excluding hydrogens is 270 g/mol. The third-order valence-electron chi connectivity index (χ3n) is 4.12. The lowest BCUT2D eigenvalue weighted by Crippen LogP contribution is -2.33. The Bertz CT molecular complexity index is 659. The van der Waals surface area contributed by atoms with Crippen LogP contribution in [0.4, 0.5) is 5.82 Å². The van der Waals surface area contributed by atoms with E-state index in [0.29, 0.717) is 18.0 Å². The summed E-state index contributed by atoms with van der Waals surface area (Å²) >= 11 is 0. The molecule has 3 heterocycles. The number of imidazole rings is 1. The molecule has 0 radical (unpaired) electrons. The number of fused-ring (bicyclic) bond motifs is 1. The van der Waals surface area contributed by atoms with Crippen LogP contribution in [0.1, 0.15) is 30.3 Å². The SMILES string of the molecule is CC1(CNc2nc3ccccn3c2C(=O)O)CCOCC1. The summed E-state index contributed by atoms with van der Waals surface area (Å²) < 4.78 is 6.98. The van der Waals surface area contributed by atoms with Crippen molar-refractivity contribution in [1.29, 1.82) is 0 Å². The Morgan fingerprint density at radius 3 is 2.95 bits per heavy atom. The number of nitrogens with one attached hydrogen (secondary N) is 1. The lowest BCUT2D eigenvalue weighted by molar-refractivity contribution is 0.0299. The van der Waals surface area contributed by atoms with Crippen molar-refractivity contribution >= 4 is 17.4 Å². The van der Waals surface area contributed by atoms with Crippen LogP contribution in [0.15, 0.2) is 24.4 Å². The molecule has 0 saturated carbocycles. The Morgan fingerprint density at radius 2 is 2.24 bits per heavy atom. The fraction of sp³-hybridized carbons (Fsp3) is 0.467. The van der Waals surface area contributed by atoms with Gasteiger partial charge in [0.15, 0.2) is 11.5 Å². The third kappa shape index (κ3) is 2.71. The molecule has 1 aliphatic rings. The van der Waals surface area contributed by atoms with E-state index in [2.05, 4.69) is 17.2 Å². The van der Waals surface area contributed by atoms with E-state index in [1.54, 1.807) is 22.7 Å². The highest BCUT2D eigenvalue weighted by Gasteiger charge is 2.28. The van der Waals surface area contributed by atoms with Gasteiger partial charge in [0.25, 0.3) is 0 Å². The molecule has 6 heteroatoms. The fourth-order valence-electron chi connectivity index (χ4n) is 2.66. The van der Waals surface area contributed by atoms with Gasteiger partial charge in [-0.15, -0.1) is 0 Å². The maximum Gasteiger partial charge on any atom is 0.356 e. The first-order valence-corrected chi connectivity index (χ1v) is 7.11. The monoisotopic (exact) mass is 289 g/mol. The van der Waals surface area contributed by atoms with Gasteiger partial charge < -0.3 is 15.2 Å². The van der Waals surface area contributed by atoms with E-state index in [1.165, 1.54) is 0 Å². The zero-order valence-electron chi connectivity index (χ0n) is 12.0. The number of carbonyl (C=O) groups is 1. The van der Waals surface area contributed by atoms with Crippen molar-refractivity contribution in [3.63, 3.8) is 0 Å². The standard InChI is InChI=1S/C15H19N3O3/c1-15(5-8-21-9-6-15)10-16-13-12(14(19)20)18-7-3-2-4-11(18)17-13/h2-4,7,16H,5-6,8-10H2,1H3,(H,19,20). The van der Waals surface area contributed by atoms with Gasteiger partial charge in [0.05, 0.1) is 0 Å². The maximum atomic E-state index is 11.5. The quantitative estimate of drug-likeness (QED) is 0.903. The highest BCUT2D eigenvalue weighted by molar-refractivity contribution is 5.92. The molecule has 112 valence electrons. The summed E-state index contributed by atoms with van der Waals surface area (Å²) in [5.41, 5.74) is 0.930. The van der Waals surface area contributed by atoms with E-state index in [9.17, 15) is 9.90 Å². The van der Waals surface area contributed by atoms with E-state index in [1.807, 2.05) is 6.07 Å². The van der Waals surface area contributed by atoms with Crippen molar-refractivity contribution in [3.8, 4) is 0 Å². The second-order valence-corrected chi connectivity index (χ2v) is 5.82. The van der Waals surface area contributed by atoms with Crippen molar-refractivity contribution in [2.75, 3.05) is 25.1 Å². The molecule has 0 unspecified atom stereocenters. The molecule has 21 heavy (non-hydrogen) atoms. The first kappa shape index (κ1) is 13.9. The van der Waals surface area contributed by atoms with Crippen LogP contribution in [0.3, 0.4) is 0 Å². The summed E-state index contributed by atoms with van der Waals surface area (Å²) in [6.07, 6.45) is 3.65. The Hall–Kier alpha value is -2.08. The van der Waals surface area contributed by atoms with Crippen LogP contribution in [0.2, 0.25) is 0 Å². The second kappa shape index (κ2) is 5.37. The van der Waals surface area contributed by atoms with Crippen molar-refractivity contribution < 1.29 is 14.6 Å². The number of rotatable bonds is 4. The average molecular weight is 289 g/mol. The summed E-state index contributed by atoms with van der Waals surface area (Å²) in [5, 5.41) is 12.7. The van der Waals surface area contributed by atoms with Gasteiger partial charge in [-0.25, -0.2) is 9.78 Å². The topological polar surface area (TPSA) is 75.9 Å². The maximum absolute atomic E-state index is 11.5. The number of pyridine rings is 1. The normalized spacial score (nSPS) is 17.8. The Balaban J connectivity index is 1.86. The number of nitrogens with zero attached hydrogens (tertiary/aromatic N) is 2. The van der Waals surface area contributed by atoms with Gasteiger partial charge in [-0.3, -0.25) is 4.40 Å². The lowest BCUT2D eigenvalue weighted by atomic mass is 9.82. The second-order valence-electron chi connectivity index (χ2n) is 5.82. The number of carboxylic acid groups (broad SMARTS) is 1. The van der Waals surface area contributed by atoms with E-state index in [4.69, 9.17) is 4.74 Å². The highest BCUT2D eigenvalue weighted by Crippen LogP contribution is 2.30. The molecule has 0 aromatic carbocycles. The van der Waals surface area contributed by atoms with E-state index in [-0.39, 0.29) is 11.1 Å². The van der Waals surface area contributed by atoms with Crippen molar-refractivity contribution in [2.45, 2.75) is 19.8 Å². The number of hydrogen-bond donors (Lipinski definition) is 2. The summed E-state index contributed by atoms with van der Waals surface area (Å²) in [4.78, 5) is 15.9. The molecule has 0 aliphatic carbocycles. The minimum absolute atomic E-state index is 0.115. The number of carboxylic acids is 1. The molecule has 0 bridgehead atoms. The first-order valence-electron chi connectivity index (χ1n) is 7.11. The molecule has 1 aliphatic heterocycles. The Morgan fingerprint density at radius 1 is 1.48 bits per heavy atom. The smallest absolute Gasteiger partial charge is 0.356 e. The minimum atomic E-state index is -0.978. The lowest BCUT2D eigenvalue weighted by Gasteiger charge is -2.33. The molecule has 1 fully saturated rings. The molecule has 6 nitrogen and oxygen atoms in total. The average Bonchev–Trinajstić information content (AvgIpc) is 2.84. The van der Waals surface area contributed by atoms with Gasteiger partial charge in [0.2, 0.25) is 0 Å². The van der Waals surface area contributed by atoms with E-state index in [0.717, 1.165) is 26.1 Å². The van der Waals surface area contributed by atoms with Crippen LogP contribution in [-0.4, -0.2) is 40.2 Å². The van der Waals surface area contributed by atoms with Crippen molar-refractivity contribution in [1.82, 2.24) is 9.38 Å². The Kier molecular flexibility index (Phi) is 3.55. The van der Waals surface area contributed by atoms with Crippen molar-refractivity contribution in [3.05, 3.63) is 30.1 Å². The molecule has 0 spiro atoms. The molecule has 1 saturated heterocycles. The van der Waals surface area contributed by atoms with Crippen LogP contribution >= 0.6 is 0 Å². The molecule has 2 N–H and O–H groups in total. The van der Waals surface area contributed by atoms with Gasteiger partial charge in [0, 0.05) is 26.0 Å². The predicted octanol–water partition coefficient (Wildman–Crippen LogP) is 2.26. The van der Waals surface area contributed by atoms with Crippen LogP contribution < -0.4 is 5.32 Å². The number of aromatic nitrogens is 2. The molecule has 0 amide bonds. The largest absolute Gasteiger partial charge is 0.476 e. The number of ether oxygens (including phenoxy) is 1. The number of anilines is 1. The number of hydrogen-bond acceptors (Lipinski definition) is 4. The van der Waals surface area contributed by atoms with Gasteiger partial charge in [-0.1, -0.05) is 13.0 Å². The third-order valence-corrected chi connectivity index (χ3v) is 4.12. The molecule has 2 aromatic rings. The van der Waals surface area contributed by atoms with Gasteiger partial charge in [-0.2, -0.15) is 0 Å². The fourth-order valence-corrected chi connectivity index (χ4v) is 2.66.